The molecule has 8 unspecified atom stereocenters. The highest BCUT2D eigenvalue weighted by molar-refractivity contribution is 6.01. The highest BCUT2D eigenvalue weighted by Gasteiger charge is 2.64. The maximum absolute atomic E-state index is 12.7. The van der Waals surface area contributed by atoms with Gasteiger partial charge in [-0.05, 0) is 55.6 Å². The van der Waals surface area contributed by atoms with Gasteiger partial charge in [0.15, 0.2) is 5.78 Å². The maximum atomic E-state index is 12.7. The van der Waals surface area contributed by atoms with Gasteiger partial charge >= 0.3 is 5.97 Å². The third-order valence-electron chi connectivity index (χ3n) is 8.78. The van der Waals surface area contributed by atoms with E-state index in [1.807, 2.05) is 6.08 Å². The predicted octanol–water partition coefficient (Wildman–Crippen LogP) is 3.91. The van der Waals surface area contributed by atoms with Crippen LogP contribution in [0.3, 0.4) is 0 Å². The zero-order valence-electron chi connectivity index (χ0n) is 18.3. The van der Waals surface area contributed by atoms with Crippen LogP contribution in [0.25, 0.3) is 0 Å². The molecule has 0 radical (unpaired) electrons. The SMILES string of the molecule is CC1CC2C3CCC4=CC(=O)C=CC4(C)C3C(O)CC2(C)C1OC(=O)c1cc(N)co1. The number of furan rings is 1. The van der Waals surface area contributed by atoms with Gasteiger partial charge in [0, 0.05) is 22.8 Å². The summed E-state index contributed by atoms with van der Waals surface area (Å²) in [6.07, 6.45) is 9.33. The molecule has 3 N–H and O–H groups in total. The smallest absolute Gasteiger partial charge is 0.374 e. The Labute approximate surface area is 182 Å². The van der Waals surface area contributed by atoms with Crippen molar-refractivity contribution in [1.82, 2.24) is 0 Å². The average molecular weight is 426 g/mol. The Kier molecular flexibility index (Phi) is 4.53. The molecule has 3 fully saturated rings. The van der Waals surface area contributed by atoms with Crippen molar-refractivity contribution < 1.29 is 23.8 Å². The Balaban J connectivity index is 1.45. The number of anilines is 1. The Morgan fingerprint density at radius 3 is 2.84 bits per heavy atom. The molecule has 6 heteroatoms. The van der Waals surface area contributed by atoms with Crippen LogP contribution in [0.4, 0.5) is 5.69 Å². The van der Waals surface area contributed by atoms with Gasteiger partial charge in [-0.3, -0.25) is 4.79 Å². The largest absolute Gasteiger partial charge is 0.456 e. The van der Waals surface area contributed by atoms with Crippen LogP contribution in [0.1, 0.15) is 57.0 Å². The van der Waals surface area contributed by atoms with Gasteiger partial charge in [0.05, 0.1) is 11.8 Å². The first kappa shape index (κ1) is 20.6. The minimum absolute atomic E-state index is 0.0427. The number of aliphatic hydroxyl groups excluding tert-OH is 1. The first-order chi connectivity index (χ1) is 14.6. The van der Waals surface area contributed by atoms with Gasteiger partial charge in [0.2, 0.25) is 5.76 Å². The van der Waals surface area contributed by atoms with Crippen LogP contribution in [0.2, 0.25) is 0 Å². The number of esters is 1. The molecule has 4 aliphatic rings. The van der Waals surface area contributed by atoms with E-state index < -0.39 is 12.1 Å². The van der Waals surface area contributed by atoms with Crippen LogP contribution in [0, 0.1) is 34.5 Å². The molecule has 4 aliphatic carbocycles. The van der Waals surface area contributed by atoms with Crippen LogP contribution >= 0.6 is 0 Å². The first-order valence-electron chi connectivity index (χ1n) is 11.3. The standard InChI is InChI=1S/C25H31NO5/c1-13-8-18-17-5-4-14-9-16(27)6-7-24(14,2)21(17)19(28)11-25(18,3)22(13)31-23(29)20-10-15(26)12-30-20/h6-7,9-10,12-13,17-19,21-22,28H,4-5,8,11,26H2,1-3H3. The minimum Gasteiger partial charge on any atom is -0.456 e. The summed E-state index contributed by atoms with van der Waals surface area (Å²) in [5.74, 6) is 0.580. The lowest BCUT2D eigenvalue weighted by atomic mass is 9.47. The zero-order chi connectivity index (χ0) is 22.1. The van der Waals surface area contributed by atoms with E-state index in [4.69, 9.17) is 14.9 Å². The van der Waals surface area contributed by atoms with Crippen molar-refractivity contribution in [3.8, 4) is 0 Å². The third kappa shape index (κ3) is 2.94. The molecule has 3 saturated carbocycles. The van der Waals surface area contributed by atoms with Gasteiger partial charge in [0.25, 0.3) is 0 Å². The zero-order valence-corrected chi connectivity index (χ0v) is 18.3. The summed E-state index contributed by atoms with van der Waals surface area (Å²) in [7, 11) is 0. The highest BCUT2D eigenvalue weighted by atomic mass is 16.6. The van der Waals surface area contributed by atoms with Gasteiger partial charge in [-0.2, -0.15) is 0 Å². The number of carbonyl (C=O) groups is 2. The molecular weight excluding hydrogens is 394 g/mol. The molecule has 0 aliphatic heterocycles. The van der Waals surface area contributed by atoms with E-state index in [1.54, 1.807) is 12.2 Å². The molecule has 1 heterocycles. The van der Waals surface area contributed by atoms with Crippen molar-refractivity contribution >= 4 is 17.4 Å². The van der Waals surface area contributed by atoms with Gasteiger partial charge in [0.1, 0.15) is 12.4 Å². The second-order valence-electron chi connectivity index (χ2n) is 10.6. The van der Waals surface area contributed by atoms with Crippen molar-refractivity contribution in [1.29, 1.82) is 0 Å². The second-order valence-corrected chi connectivity index (χ2v) is 10.6. The fourth-order valence-corrected chi connectivity index (χ4v) is 7.53. The van der Waals surface area contributed by atoms with E-state index in [9.17, 15) is 14.7 Å². The lowest BCUT2D eigenvalue weighted by Crippen LogP contribution is -2.57. The molecular formula is C25H31NO5. The van der Waals surface area contributed by atoms with Gasteiger partial charge in [-0.25, -0.2) is 4.79 Å². The van der Waals surface area contributed by atoms with Gasteiger partial charge in [-0.15, -0.1) is 0 Å². The third-order valence-corrected chi connectivity index (χ3v) is 8.78. The molecule has 166 valence electrons. The summed E-state index contributed by atoms with van der Waals surface area (Å²) in [6.45, 7) is 6.47. The summed E-state index contributed by atoms with van der Waals surface area (Å²) in [6, 6.07) is 1.49. The number of rotatable bonds is 2. The van der Waals surface area contributed by atoms with Crippen molar-refractivity contribution in [2.75, 3.05) is 5.73 Å². The monoisotopic (exact) mass is 425 g/mol. The number of nitrogens with two attached hydrogens (primary N) is 1. The first-order valence-corrected chi connectivity index (χ1v) is 11.3. The van der Waals surface area contributed by atoms with E-state index in [-0.39, 0.29) is 40.3 Å². The summed E-state index contributed by atoms with van der Waals surface area (Å²) >= 11 is 0. The molecule has 31 heavy (non-hydrogen) atoms. The van der Waals surface area contributed by atoms with Crippen LogP contribution in [0.15, 0.2) is 40.5 Å². The van der Waals surface area contributed by atoms with Gasteiger partial charge in [-0.1, -0.05) is 32.4 Å². The fourth-order valence-electron chi connectivity index (χ4n) is 7.53. The summed E-state index contributed by atoms with van der Waals surface area (Å²) in [5.41, 5.74) is 6.63. The van der Waals surface area contributed by atoms with Gasteiger partial charge < -0.3 is 20.0 Å². The molecule has 8 atom stereocenters. The summed E-state index contributed by atoms with van der Waals surface area (Å²) < 4.78 is 11.2. The molecule has 1 aromatic heterocycles. The number of nitrogen functional groups attached to an aromatic ring is 1. The Bertz CT molecular complexity index is 992. The quantitative estimate of drug-likeness (QED) is 0.697. The molecule has 6 nitrogen and oxygen atoms in total. The van der Waals surface area contributed by atoms with Crippen LogP contribution in [-0.4, -0.2) is 29.1 Å². The van der Waals surface area contributed by atoms with E-state index in [0.29, 0.717) is 23.9 Å². The number of hydrogen-bond acceptors (Lipinski definition) is 6. The fraction of sp³-hybridized carbons (Fsp3) is 0.600. The Hall–Kier alpha value is -2.34. The Morgan fingerprint density at radius 2 is 2.13 bits per heavy atom. The number of carbonyl (C=O) groups excluding carboxylic acids is 2. The van der Waals surface area contributed by atoms with Crippen molar-refractivity contribution in [2.24, 2.45) is 34.5 Å². The molecule has 0 bridgehead atoms. The summed E-state index contributed by atoms with van der Waals surface area (Å²) in [4.78, 5) is 24.7. The molecule has 5 rings (SSSR count). The van der Waals surface area contributed by atoms with E-state index in [1.165, 1.54) is 12.3 Å². The maximum Gasteiger partial charge on any atom is 0.374 e. The average Bonchev–Trinajstić information content (AvgIpc) is 3.24. The number of ketones is 1. The number of allylic oxidation sites excluding steroid dienone is 4. The van der Waals surface area contributed by atoms with Crippen LogP contribution < -0.4 is 5.73 Å². The summed E-state index contributed by atoms with van der Waals surface area (Å²) in [5, 5.41) is 11.4. The van der Waals surface area contributed by atoms with Crippen molar-refractivity contribution in [2.45, 2.75) is 58.7 Å². The molecule has 0 saturated heterocycles. The van der Waals surface area contributed by atoms with E-state index >= 15 is 0 Å². The van der Waals surface area contributed by atoms with E-state index in [2.05, 4.69) is 20.8 Å². The van der Waals surface area contributed by atoms with Crippen molar-refractivity contribution in [3.63, 3.8) is 0 Å². The number of hydrogen-bond donors (Lipinski definition) is 2. The highest BCUT2D eigenvalue weighted by Crippen LogP contribution is 2.65. The normalized spacial score (nSPS) is 43.6. The molecule has 0 aromatic carbocycles. The second kappa shape index (κ2) is 6.83. The van der Waals surface area contributed by atoms with Crippen LogP contribution in [0.5, 0.6) is 0 Å². The molecule has 1 aromatic rings. The topological polar surface area (TPSA) is 103 Å². The molecule has 0 spiro atoms. The number of aliphatic hydroxyl groups is 1. The van der Waals surface area contributed by atoms with Crippen LogP contribution in [-0.2, 0) is 9.53 Å². The van der Waals surface area contributed by atoms with E-state index in [0.717, 1.165) is 24.8 Å². The predicted molar refractivity (Wildman–Crippen MR) is 115 cm³/mol. The lowest BCUT2D eigenvalue weighted by Gasteiger charge is -2.58. The minimum atomic E-state index is -0.524. The number of fused-ring (bicyclic) bond motifs is 5. The Morgan fingerprint density at radius 1 is 1.35 bits per heavy atom. The van der Waals surface area contributed by atoms with Crippen molar-refractivity contribution in [3.05, 3.63) is 41.9 Å². The lowest BCUT2D eigenvalue weighted by molar-refractivity contribution is -0.133. The number of ether oxygens (including phenoxy) is 1. The molecule has 0 amide bonds.